The van der Waals surface area contributed by atoms with Gasteiger partial charge in [-0.2, -0.15) is 0 Å². The summed E-state index contributed by atoms with van der Waals surface area (Å²) in [7, 11) is 0. The normalized spacial score (nSPS) is 29.5. The lowest BCUT2D eigenvalue weighted by Gasteiger charge is -2.36. The quantitative estimate of drug-likeness (QED) is 0.567. The minimum Gasteiger partial charge on any atom is -0.294 e. The number of halogens is 3. The van der Waals surface area contributed by atoms with E-state index in [1.54, 1.807) is 6.92 Å². The zero-order chi connectivity index (χ0) is 18.2. The zero-order valence-electron chi connectivity index (χ0n) is 15.4. The van der Waals surface area contributed by atoms with Crippen molar-refractivity contribution in [1.29, 1.82) is 0 Å². The van der Waals surface area contributed by atoms with E-state index in [0.29, 0.717) is 11.5 Å². The second-order valence-corrected chi connectivity index (χ2v) is 7.94. The molecule has 0 saturated heterocycles. The molecule has 3 rings (SSSR count). The SMILES string of the molecule is CC1CCC(C2CCC(CF)CC2)CC1.Cc1ccc(OF)cc1F. The molecule has 0 aromatic heterocycles. The molecule has 1 aromatic rings. The van der Waals surface area contributed by atoms with Crippen molar-refractivity contribution in [1.82, 2.24) is 0 Å². The van der Waals surface area contributed by atoms with Gasteiger partial charge < -0.3 is 0 Å². The lowest BCUT2D eigenvalue weighted by atomic mass is 9.69. The minimum atomic E-state index is -0.463. The van der Waals surface area contributed by atoms with Gasteiger partial charge in [-0.1, -0.05) is 25.8 Å². The summed E-state index contributed by atoms with van der Waals surface area (Å²) in [5, 5.41) is 0. The van der Waals surface area contributed by atoms with Crippen LogP contribution in [0, 0.1) is 36.4 Å². The molecule has 25 heavy (non-hydrogen) atoms. The summed E-state index contributed by atoms with van der Waals surface area (Å²) < 4.78 is 36.4. The van der Waals surface area contributed by atoms with E-state index in [1.807, 2.05) is 0 Å². The summed E-state index contributed by atoms with van der Waals surface area (Å²) >= 11 is 0. The first-order valence-electron chi connectivity index (χ1n) is 9.64. The average Bonchev–Trinajstić information content (AvgIpc) is 2.65. The fourth-order valence-corrected chi connectivity index (χ4v) is 4.19. The molecule has 2 aliphatic carbocycles. The Kier molecular flexibility index (Phi) is 8.11. The molecule has 1 nitrogen and oxygen atoms in total. The molecule has 0 atom stereocenters. The van der Waals surface area contributed by atoms with E-state index in [9.17, 15) is 13.3 Å². The number of hydrogen-bond donors (Lipinski definition) is 0. The largest absolute Gasteiger partial charge is 0.294 e. The van der Waals surface area contributed by atoms with Crippen LogP contribution < -0.4 is 4.94 Å². The second-order valence-electron chi connectivity index (χ2n) is 7.94. The molecule has 142 valence electrons. The Hall–Kier alpha value is -1.19. The molecule has 0 amide bonds. The summed E-state index contributed by atoms with van der Waals surface area (Å²) in [6, 6.07) is 3.80. The van der Waals surface area contributed by atoms with Crippen LogP contribution in [-0.2, 0) is 0 Å². The van der Waals surface area contributed by atoms with E-state index in [-0.39, 0.29) is 12.4 Å². The first-order valence-corrected chi connectivity index (χ1v) is 9.64. The number of hydrogen-bond acceptors (Lipinski definition) is 1. The molecule has 2 saturated carbocycles. The van der Waals surface area contributed by atoms with Gasteiger partial charge in [0.2, 0.25) is 0 Å². The molecule has 0 heterocycles. The highest BCUT2D eigenvalue weighted by Crippen LogP contribution is 2.41. The standard InChI is InChI=1S/C14H25F.C7H6F2O/c1-11-2-6-13(7-3-11)14-8-4-12(10-15)5-9-14;1-5-2-3-6(10-9)4-7(5)8/h11-14H,2-10H2,1H3;2-4H,1H3. The number of aryl methyl sites for hydroxylation is 1. The maximum Gasteiger partial charge on any atom is 0.174 e. The number of benzene rings is 1. The predicted octanol–water partition coefficient (Wildman–Crippen LogP) is 6.99. The summed E-state index contributed by atoms with van der Waals surface area (Å²) in [4.78, 5) is 3.31. The molecule has 0 bridgehead atoms. The molecular weight excluding hydrogens is 325 g/mol. The van der Waals surface area contributed by atoms with Crippen LogP contribution in [0.4, 0.5) is 13.3 Å². The van der Waals surface area contributed by atoms with E-state index in [2.05, 4.69) is 11.9 Å². The lowest BCUT2D eigenvalue weighted by molar-refractivity contribution is -0.00656. The number of alkyl halides is 1. The van der Waals surface area contributed by atoms with E-state index in [4.69, 9.17) is 0 Å². The van der Waals surface area contributed by atoms with Gasteiger partial charge >= 0.3 is 0 Å². The van der Waals surface area contributed by atoms with Crippen LogP contribution in [0.25, 0.3) is 0 Å². The average molecular weight is 356 g/mol. The van der Waals surface area contributed by atoms with Crippen LogP contribution in [0.3, 0.4) is 0 Å². The highest BCUT2D eigenvalue weighted by atomic mass is 19.3. The van der Waals surface area contributed by atoms with Gasteiger partial charge in [-0.15, -0.1) is 0 Å². The molecule has 0 N–H and O–H groups in total. The summed E-state index contributed by atoms with van der Waals surface area (Å²) in [6.07, 6.45) is 10.7. The monoisotopic (exact) mass is 356 g/mol. The van der Waals surface area contributed by atoms with Crippen molar-refractivity contribution < 1.29 is 18.2 Å². The fraction of sp³-hybridized carbons (Fsp3) is 0.714. The van der Waals surface area contributed by atoms with Gasteiger partial charge in [0.15, 0.2) is 5.75 Å². The Balaban J connectivity index is 0.000000196. The summed E-state index contributed by atoms with van der Waals surface area (Å²) in [5.74, 6) is 2.73. The summed E-state index contributed by atoms with van der Waals surface area (Å²) in [5.41, 5.74) is 0.473. The van der Waals surface area contributed by atoms with Crippen LogP contribution in [0.1, 0.15) is 63.9 Å². The molecule has 2 fully saturated rings. The van der Waals surface area contributed by atoms with E-state index >= 15 is 0 Å². The third-order valence-corrected chi connectivity index (χ3v) is 6.07. The van der Waals surface area contributed by atoms with Crippen molar-refractivity contribution in [3.8, 4) is 5.75 Å². The van der Waals surface area contributed by atoms with Crippen LogP contribution in [0.2, 0.25) is 0 Å². The molecule has 0 spiro atoms. The molecule has 4 heteroatoms. The van der Waals surface area contributed by atoms with Crippen molar-refractivity contribution >= 4 is 0 Å². The fourth-order valence-electron chi connectivity index (χ4n) is 4.19. The maximum atomic E-state index is 12.5. The van der Waals surface area contributed by atoms with Crippen LogP contribution >= 0.6 is 0 Å². The third-order valence-electron chi connectivity index (χ3n) is 6.07. The Morgan fingerprint density at radius 3 is 2.00 bits per heavy atom. The lowest BCUT2D eigenvalue weighted by Crippen LogP contribution is -2.25. The van der Waals surface area contributed by atoms with Gasteiger partial charge in [0.05, 0.1) is 6.67 Å². The van der Waals surface area contributed by atoms with Crippen molar-refractivity contribution in [3.63, 3.8) is 0 Å². The van der Waals surface area contributed by atoms with Gasteiger partial charge in [-0.3, -0.25) is 9.33 Å². The second kappa shape index (κ2) is 10.1. The Bertz CT molecular complexity index is 504. The van der Waals surface area contributed by atoms with Crippen LogP contribution in [-0.4, -0.2) is 6.67 Å². The Morgan fingerprint density at radius 1 is 0.960 bits per heavy atom. The first kappa shape index (κ1) is 20.1. The Labute approximate surface area is 149 Å². The van der Waals surface area contributed by atoms with Crippen LogP contribution in [0.5, 0.6) is 5.75 Å². The van der Waals surface area contributed by atoms with Gasteiger partial charge in [-0.05, 0) is 80.8 Å². The van der Waals surface area contributed by atoms with E-state index in [0.717, 1.165) is 36.7 Å². The first-order chi connectivity index (χ1) is 12.0. The van der Waals surface area contributed by atoms with Gasteiger partial charge in [0.1, 0.15) is 5.82 Å². The van der Waals surface area contributed by atoms with Crippen molar-refractivity contribution in [2.24, 2.45) is 23.7 Å². The van der Waals surface area contributed by atoms with Gasteiger partial charge in [0, 0.05) is 10.6 Å². The highest BCUT2D eigenvalue weighted by molar-refractivity contribution is 5.27. The minimum absolute atomic E-state index is 0.0750. The molecule has 1 aromatic carbocycles. The smallest absolute Gasteiger partial charge is 0.174 e. The van der Waals surface area contributed by atoms with Crippen molar-refractivity contribution in [2.75, 3.05) is 6.67 Å². The molecule has 0 aliphatic heterocycles. The van der Waals surface area contributed by atoms with Crippen LogP contribution in [0.15, 0.2) is 18.2 Å². The topological polar surface area (TPSA) is 9.23 Å². The van der Waals surface area contributed by atoms with Crippen molar-refractivity contribution in [2.45, 2.75) is 65.2 Å². The third kappa shape index (κ3) is 6.23. The molecular formula is C21H31F3O. The molecule has 0 radical (unpaired) electrons. The number of rotatable bonds is 3. The maximum absolute atomic E-state index is 12.5. The molecule has 2 aliphatic rings. The zero-order valence-corrected chi connectivity index (χ0v) is 15.4. The van der Waals surface area contributed by atoms with E-state index in [1.165, 1.54) is 50.7 Å². The Morgan fingerprint density at radius 2 is 1.52 bits per heavy atom. The van der Waals surface area contributed by atoms with Crippen molar-refractivity contribution in [3.05, 3.63) is 29.6 Å². The van der Waals surface area contributed by atoms with E-state index < -0.39 is 5.82 Å². The molecule has 0 unspecified atom stereocenters. The highest BCUT2D eigenvalue weighted by Gasteiger charge is 2.29. The van der Waals surface area contributed by atoms with Gasteiger partial charge in [0.25, 0.3) is 0 Å². The van der Waals surface area contributed by atoms with Gasteiger partial charge in [-0.25, -0.2) is 4.39 Å². The predicted molar refractivity (Wildman–Crippen MR) is 95.4 cm³/mol. The summed E-state index contributed by atoms with van der Waals surface area (Å²) in [6.45, 7) is 3.90.